The Hall–Kier alpha value is -2.53. The van der Waals surface area contributed by atoms with Crippen LogP contribution < -0.4 is 10.6 Å². The third kappa shape index (κ3) is 4.79. The molecule has 1 atom stereocenters. The number of anilines is 1. The second-order valence-electron chi connectivity index (χ2n) is 4.69. The van der Waals surface area contributed by atoms with E-state index in [9.17, 15) is 14.7 Å². The minimum absolute atomic E-state index is 0.213. The van der Waals surface area contributed by atoms with Crippen LogP contribution >= 0.6 is 11.6 Å². The Kier molecular flexibility index (Phi) is 5.38. The molecule has 2 aromatic rings. The number of amides is 2. The Morgan fingerprint density at radius 2 is 1.68 bits per heavy atom. The van der Waals surface area contributed by atoms with Gasteiger partial charge in [-0.05, 0) is 29.8 Å². The summed E-state index contributed by atoms with van der Waals surface area (Å²) in [6, 6.07) is 14.1. The molecule has 3 N–H and O–H groups in total. The van der Waals surface area contributed by atoms with Crippen LogP contribution in [-0.2, 0) is 11.2 Å². The summed E-state index contributed by atoms with van der Waals surface area (Å²) in [5.41, 5.74) is 1.37. The van der Waals surface area contributed by atoms with Gasteiger partial charge in [-0.3, -0.25) is 0 Å². The molecule has 0 saturated heterocycles. The van der Waals surface area contributed by atoms with Crippen LogP contribution in [0.25, 0.3) is 0 Å². The fourth-order valence-electron chi connectivity index (χ4n) is 1.91. The second-order valence-corrected chi connectivity index (χ2v) is 5.12. The summed E-state index contributed by atoms with van der Waals surface area (Å²) in [4.78, 5) is 23.2. The number of carboxylic acids is 1. The van der Waals surface area contributed by atoms with Crippen LogP contribution in [0, 0.1) is 0 Å². The van der Waals surface area contributed by atoms with Crippen molar-refractivity contribution in [3.63, 3.8) is 0 Å². The third-order valence-corrected chi connectivity index (χ3v) is 3.24. The van der Waals surface area contributed by atoms with Gasteiger partial charge in [-0.2, -0.15) is 0 Å². The van der Waals surface area contributed by atoms with Crippen molar-refractivity contribution in [2.45, 2.75) is 12.5 Å². The van der Waals surface area contributed by atoms with E-state index in [-0.39, 0.29) is 6.42 Å². The number of benzene rings is 2. The fourth-order valence-corrected chi connectivity index (χ4v) is 2.03. The van der Waals surface area contributed by atoms with Crippen LogP contribution in [0.2, 0.25) is 5.02 Å². The SMILES string of the molecule is O=C(Nc1ccc(Cl)cc1)NC(Cc1ccccc1)C(=O)O. The Bertz CT molecular complexity index is 644. The number of carbonyl (C=O) groups is 2. The van der Waals surface area contributed by atoms with E-state index in [1.54, 1.807) is 24.3 Å². The molecular formula is C16H15ClN2O3. The maximum Gasteiger partial charge on any atom is 0.326 e. The first-order valence-corrected chi connectivity index (χ1v) is 7.02. The molecule has 0 bridgehead atoms. The number of aliphatic carboxylic acids is 1. The van der Waals surface area contributed by atoms with E-state index in [2.05, 4.69) is 10.6 Å². The summed E-state index contributed by atoms with van der Waals surface area (Å²) >= 11 is 5.76. The van der Waals surface area contributed by atoms with Crippen LogP contribution in [0.5, 0.6) is 0 Å². The first-order valence-electron chi connectivity index (χ1n) is 6.64. The minimum Gasteiger partial charge on any atom is -0.480 e. The summed E-state index contributed by atoms with van der Waals surface area (Å²) < 4.78 is 0. The number of halogens is 1. The van der Waals surface area contributed by atoms with Gasteiger partial charge in [0.2, 0.25) is 0 Å². The molecule has 6 heteroatoms. The third-order valence-electron chi connectivity index (χ3n) is 2.99. The van der Waals surface area contributed by atoms with Crippen LogP contribution in [-0.4, -0.2) is 23.1 Å². The van der Waals surface area contributed by atoms with E-state index >= 15 is 0 Å². The number of hydrogen-bond donors (Lipinski definition) is 3. The predicted octanol–water partition coefficient (Wildman–Crippen LogP) is 3.16. The highest BCUT2D eigenvalue weighted by Crippen LogP contribution is 2.13. The van der Waals surface area contributed by atoms with Crippen LogP contribution in [0.15, 0.2) is 54.6 Å². The van der Waals surface area contributed by atoms with Crippen molar-refractivity contribution in [2.75, 3.05) is 5.32 Å². The van der Waals surface area contributed by atoms with Crippen molar-refractivity contribution < 1.29 is 14.7 Å². The van der Waals surface area contributed by atoms with E-state index in [1.807, 2.05) is 30.3 Å². The molecule has 2 amide bonds. The lowest BCUT2D eigenvalue weighted by Gasteiger charge is -2.15. The Morgan fingerprint density at radius 3 is 2.27 bits per heavy atom. The zero-order valence-corrected chi connectivity index (χ0v) is 12.4. The first-order chi connectivity index (χ1) is 10.5. The average molecular weight is 319 g/mol. The summed E-state index contributed by atoms with van der Waals surface area (Å²) in [5, 5.41) is 14.8. The molecule has 0 aliphatic rings. The normalized spacial score (nSPS) is 11.5. The van der Waals surface area contributed by atoms with Gasteiger partial charge in [-0.1, -0.05) is 41.9 Å². The highest BCUT2D eigenvalue weighted by atomic mass is 35.5. The van der Waals surface area contributed by atoms with E-state index < -0.39 is 18.0 Å². The molecule has 0 aliphatic carbocycles. The van der Waals surface area contributed by atoms with Crippen LogP contribution in [0.3, 0.4) is 0 Å². The van der Waals surface area contributed by atoms with E-state index in [4.69, 9.17) is 11.6 Å². The standard InChI is InChI=1S/C16H15ClN2O3/c17-12-6-8-13(9-7-12)18-16(22)19-14(15(20)21)10-11-4-2-1-3-5-11/h1-9,14H,10H2,(H,20,21)(H2,18,19,22). The van der Waals surface area contributed by atoms with Crippen LogP contribution in [0.4, 0.5) is 10.5 Å². The fraction of sp³-hybridized carbons (Fsp3) is 0.125. The van der Waals surface area contributed by atoms with Gasteiger partial charge in [0.15, 0.2) is 0 Å². The summed E-state index contributed by atoms with van der Waals surface area (Å²) in [5.74, 6) is -1.09. The minimum atomic E-state index is -1.09. The van der Waals surface area contributed by atoms with Gasteiger partial charge in [0.05, 0.1) is 0 Å². The van der Waals surface area contributed by atoms with Gasteiger partial charge in [0.1, 0.15) is 6.04 Å². The Balaban J connectivity index is 1.97. The summed E-state index contributed by atoms with van der Waals surface area (Å²) in [6.45, 7) is 0. The zero-order valence-electron chi connectivity index (χ0n) is 11.6. The highest BCUT2D eigenvalue weighted by Gasteiger charge is 2.20. The summed E-state index contributed by atoms with van der Waals surface area (Å²) in [7, 11) is 0. The zero-order chi connectivity index (χ0) is 15.9. The molecule has 0 spiro atoms. The molecule has 2 aromatic carbocycles. The molecule has 0 heterocycles. The van der Waals surface area contributed by atoms with Gasteiger partial charge >= 0.3 is 12.0 Å². The average Bonchev–Trinajstić information content (AvgIpc) is 2.50. The van der Waals surface area contributed by atoms with E-state index in [1.165, 1.54) is 0 Å². The highest BCUT2D eigenvalue weighted by molar-refractivity contribution is 6.30. The maximum atomic E-state index is 11.9. The number of nitrogens with one attached hydrogen (secondary N) is 2. The lowest BCUT2D eigenvalue weighted by Crippen LogP contribution is -2.44. The van der Waals surface area contributed by atoms with Gasteiger partial charge in [-0.25, -0.2) is 9.59 Å². The molecule has 1 unspecified atom stereocenters. The topological polar surface area (TPSA) is 78.4 Å². The molecule has 22 heavy (non-hydrogen) atoms. The molecule has 0 radical (unpaired) electrons. The Labute approximate surface area is 132 Å². The molecular weight excluding hydrogens is 304 g/mol. The number of carbonyl (C=O) groups excluding carboxylic acids is 1. The quantitative estimate of drug-likeness (QED) is 0.792. The number of hydrogen-bond acceptors (Lipinski definition) is 2. The van der Waals surface area contributed by atoms with Crippen LogP contribution in [0.1, 0.15) is 5.56 Å². The van der Waals surface area contributed by atoms with Gasteiger partial charge in [0.25, 0.3) is 0 Å². The second kappa shape index (κ2) is 7.47. The van der Waals surface area contributed by atoms with Crippen molar-refractivity contribution in [2.24, 2.45) is 0 Å². The molecule has 0 fully saturated rings. The molecule has 0 saturated carbocycles. The maximum absolute atomic E-state index is 11.9. The van der Waals surface area contributed by atoms with Crippen molar-refractivity contribution in [3.05, 3.63) is 65.2 Å². The molecule has 2 rings (SSSR count). The monoisotopic (exact) mass is 318 g/mol. The van der Waals surface area contributed by atoms with Crippen molar-refractivity contribution in [1.29, 1.82) is 0 Å². The molecule has 0 aliphatic heterocycles. The molecule has 114 valence electrons. The first kappa shape index (κ1) is 15.9. The molecule has 0 aromatic heterocycles. The van der Waals surface area contributed by atoms with E-state index in [0.29, 0.717) is 10.7 Å². The summed E-state index contributed by atoms with van der Waals surface area (Å²) in [6.07, 6.45) is 0.213. The van der Waals surface area contributed by atoms with Gasteiger partial charge < -0.3 is 15.7 Å². The predicted molar refractivity (Wildman–Crippen MR) is 85.2 cm³/mol. The van der Waals surface area contributed by atoms with Gasteiger partial charge in [0, 0.05) is 17.1 Å². The number of carboxylic acid groups (broad SMARTS) is 1. The lowest BCUT2D eigenvalue weighted by molar-refractivity contribution is -0.139. The van der Waals surface area contributed by atoms with Crippen molar-refractivity contribution in [3.8, 4) is 0 Å². The lowest BCUT2D eigenvalue weighted by atomic mass is 10.1. The largest absolute Gasteiger partial charge is 0.480 e. The smallest absolute Gasteiger partial charge is 0.326 e. The van der Waals surface area contributed by atoms with E-state index in [0.717, 1.165) is 5.56 Å². The van der Waals surface area contributed by atoms with Crippen molar-refractivity contribution >= 4 is 29.3 Å². The Morgan fingerprint density at radius 1 is 1.05 bits per heavy atom. The van der Waals surface area contributed by atoms with Crippen molar-refractivity contribution in [1.82, 2.24) is 5.32 Å². The number of urea groups is 1. The number of rotatable bonds is 5. The molecule has 5 nitrogen and oxygen atoms in total. The van der Waals surface area contributed by atoms with Gasteiger partial charge in [-0.15, -0.1) is 0 Å².